The molecule has 0 saturated heterocycles. The van der Waals surface area contributed by atoms with Crippen LogP contribution in [0, 0.1) is 40.4 Å². The van der Waals surface area contributed by atoms with Crippen molar-refractivity contribution in [2.45, 2.75) is 130 Å². The van der Waals surface area contributed by atoms with E-state index in [4.69, 9.17) is 4.74 Å². The molecule has 3 saturated carbocycles. The van der Waals surface area contributed by atoms with E-state index < -0.39 is 17.3 Å². The molecule has 4 rings (SSSR count). The molecule has 3 N–H and O–H groups in total. The number of aliphatic hydroxyl groups excluding tert-OH is 1. The highest BCUT2D eigenvalue weighted by Gasteiger charge is 2.60. The lowest BCUT2D eigenvalue weighted by Crippen LogP contribution is -2.54. The average Bonchev–Trinajstić information content (AvgIpc) is 3.07. The molecule has 0 aliphatic heterocycles. The molecule has 0 aromatic heterocycles. The highest BCUT2D eigenvalue weighted by atomic mass is 16.5. The van der Waals surface area contributed by atoms with Gasteiger partial charge in [0.2, 0.25) is 0 Å². The third-order valence-corrected chi connectivity index (χ3v) is 10.8. The van der Waals surface area contributed by atoms with Gasteiger partial charge in [0, 0.05) is 0 Å². The van der Waals surface area contributed by atoms with Crippen molar-refractivity contribution in [2.75, 3.05) is 6.61 Å². The van der Waals surface area contributed by atoms with E-state index in [2.05, 4.69) is 26.8 Å². The molecule has 0 radical (unpaired) electrons. The molecule has 0 aromatic carbocycles. The van der Waals surface area contributed by atoms with Gasteiger partial charge in [0.15, 0.2) is 0 Å². The van der Waals surface area contributed by atoms with Gasteiger partial charge in [0.1, 0.15) is 6.10 Å². The quantitative estimate of drug-likeness (QED) is 0.401. The lowest BCUT2D eigenvalue weighted by Gasteiger charge is -2.59. The Morgan fingerprint density at radius 2 is 1.71 bits per heavy atom. The van der Waals surface area contributed by atoms with Gasteiger partial charge in [-0.2, -0.15) is 0 Å². The fourth-order valence-electron chi connectivity index (χ4n) is 8.95. The zero-order valence-electron chi connectivity index (χ0n) is 22.9. The fraction of sp³-hybridized carbons (Fsp3) is 0.933. The Morgan fingerprint density at radius 3 is 2.35 bits per heavy atom. The predicted molar refractivity (Wildman–Crippen MR) is 137 cm³/mol. The van der Waals surface area contributed by atoms with Crippen LogP contribution in [0.5, 0.6) is 0 Å². The Bertz CT molecular complexity index is 761. The first-order valence-electron chi connectivity index (χ1n) is 14.1. The average molecular weight is 477 g/mol. The van der Waals surface area contributed by atoms with Gasteiger partial charge >= 0.3 is 0 Å². The molecule has 4 aliphatic carbocycles. The van der Waals surface area contributed by atoms with E-state index in [0.717, 1.165) is 49.9 Å². The lowest BCUT2D eigenvalue weighted by molar-refractivity contribution is -0.120. The molecule has 0 unspecified atom stereocenters. The van der Waals surface area contributed by atoms with Crippen molar-refractivity contribution < 1.29 is 20.1 Å². The van der Waals surface area contributed by atoms with Crippen LogP contribution in [0.3, 0.4) is 0 Å². The van der Waals surface area contributed by atoms with Crippen molar-refractivity contribution in [3.05, 3.63) is 11.6 Å². The van der Waals surface area contributed by atoms with E-state index in [9.17, 15) is 15.3 Å². The summed E-state index contributed by atoms with van der Waals surface area (Å²) in [5, 5.41) is 31.6. The molecular formula is C30H52O4. The molecule has 34 heavy (non-hydrogen) atoms. The normalized spacial score (nSPS) is 43.5. The summed E-state index contributed by atoms with van der Waals surface area (Å²) >= 11 is 0. The number of fused-ring (bicyclic) bond motifs is 5. The lowest BCUT2D eigenvalue weighted by atomic mass is 9.46. The largest absolute Gasteiger partial charge is 0.390 e. The molecule has 3 fully saturated rings. The van der Waals surface area contributed by atoms with E-state index in [1.807, 2.05) is 13.8 Å². The minimum atomic E-state index is -0.872. The third-order valence-electron chi connectivity index (χ3n) is 10.8. The smallest absolute Gasteiger partial charge is 0.102 e. The Hall–Kier alpha value is -0.420. The summed E-state index contributed by atoms with van der Waals surface area (Å²) in [5.41, 5.74) is 0.262. The van der Waals surface area contributed by atoms with Crippen LogP contribution in [0.4, 0.5) is 0 Å². The number of ether oxygens (including phenoxy) is 1. The van der Waals surface area contributed by atoms with Crippen LogP contribution in [-0.4, -0.2) is 45.3 Å². The molecular weight excluding hydrogens is 424 g/mol. The van der Waals surface area contributed by atoms with Crippen LogP contribution in [0.1, 0.15) is 106 Å². The molecule has 4 nitrogen and oxygen atoms in total. The van der Waals surface area contributed by atoms with Gasteiger partial charge in [-0.15, -0.1) is 0 Å². The van der Waals surface area contributed by atoms with Crippen LogP contribution in [0.15, 0.2) is 11.6 Å². The minimum Gasteiger partial charge on any atom is -0.390 e. The summed E-state index contributed by atoms with van der Waals surface area (Å²) in [4.78, 5) is 0. The number of rotatable bonds is 7. The van der Waals surface area contributed by atoms with Gasteiger partial charge in [-0.05, 0) is 131 Å². The van der Waals surface area contributed by atoms with Gasteiger partial charge in [0.05, 0.1) is 23.9 Å². The molecule has 0 aromatic rings. The minimum absolute atomic E-state index is 0.0723. The molecule has 4 aliphatic rings. The summed E-state index contributed by atoms with van der Waals surface area (Å²) in [7, 11) is 0. The Kier molecular flexibility index (Phi) is 7.17. The highest BCUT2D eigenvalue weighted by Crippen LogP contribution is 2.67. The van der Waals surface area contributed by atoms with Gasteiger partial charge in [-0.25, -0.2) is 0 Å². The van der Waals surface area contributed by atoms with Gasteiger partial charge in [-0.3, -0.25) is 0 Å². The van der Waals surface area contributed by atoms with Crippen LogP contribution in [0.2, 0.25) is 0 Å². The summed E-state index contributed by atoms with van der Waals surface area (Å²) in [6, 6.07) is 0. The molecule has 0 amide bonds. The zero-order valence-corrected chi connectivity index (χ0v) is 22.9. The van der Waals surface area contributed by atoms with Gasteiger partial charge < -0.3 is 20.1 Å². The second kappa shape index (κ2) is 9.15. The van der Waals surface area contributed by atoms with Crippen LogP contribution in [-0.2, 0) is 4.74 Å². The van der Waals surface area contributed by atoms with Crippen LogP contribution in [0.25, 0.3) is 0 Å². The molecule has 4 heteroatoms. The summed E-state index contributed by atoms with van der Waals surface area (Å²) in [6.07, 6.45) is 11.9. The van der Waals surface area contributed by atoms with E-state index in [-0.39, 0.29) is 18.1 Å². The topological polar surface area (TPSA) is 69.9 Å². The summed E-state index contributed by atoms with van der Waals surface area (Å²) in [5.74, 6) is 3.57. The summed E-state index contributed by atoms with van der Waals surface area (Å²) < 4.78 is 6.00. The number of hydrogen-bond donors (Lipinski definition) is 3. The van der Waals surface area contributed by atoms with Crippen molar-refractivity contribution in [1.29, 1.82) is 0 Å². The van der Waals surface area contributed by atoms with Crippen LogP contribution >= 0.6 is 0 Å². The molecule has 9 atom stereocenters. The van der Waals surface area contributed by atoms with Crippen molar-refractivity contribution in [3.8, 4) is 0 Å². The van der Waals surface area contributed by atoms with Crippen LogP contribution < -0.4 is 0 Å². The molecule has 0 spiro atoms. The number of aliphatic hydroxyl groups is 3. The maximum absolute atomic E-state index is 11.3. The Balaban J connectivity index is 1.49. The molecule has 196 valence electrons. The first-order valence-corrected chi connectivity index (χ1v) is 14.1. The zero-order chi connectivity index (χ0) is 25.1. The fourth-order valence-corrected chi connectivity index (χ4v) is 8.95. The van der Waals surface area contributed by atoms with Crippen molar-refractivity contribution >= 4 is 0 Å². The van der Waals surface area contributed by atoms with Crippen molar-refractivity contribution in [3.63, 3.8) is 0 Å². The first-order chi connectivity index (χ1) is 15.7. The molecule has 0 bridgehead atoms. The highest BCUT2D eigenvalue weighted by molar-refractivity contribution is 5.29. The van der Waals surface area contributed by atoms with E-state index in [0.29, 0.717) is 17.3 Å². The van der Waals surface area contributed by atoms with Crippen molar-refractivity contribution in [1.82, 2.24) is 0 Å². The summed E-state index contributed by atoms with van der Waals surface area (Å²) in [6.45, 7) is 15.1. The Morgan fingerprint density at radius 1 is 1.00 bits per heavy atom. The SMILES string of the molecule is C[C@H](CCC(C)(C)O)[C@H]1CC[C@H]2[C@@H]3CC=C4[C@@H](O)[C@@H](OCC(C)(C)O)CC[C@]4(C)[C@H]3CC[C@]12C. The van der Waals surface area contributed by atoms with Gasteiger partial charge in [-0.1, -0.05) is 26.8 Å². The predicted octanol–water partition coefficient (Wildman–Crippen LogP) is 5.88. The van der Waals surface area contributed by atoms with E-state index >= 15 is 0 Å². The second-order valence-electron chi connectivity index (χ2n) is 14.4. The van der Waals surface area contributed by atoms with Crippen molar-refractivity contribution in [2.24, 2.45) is 40.4 Å². The first kappa shape index (κ1) is 26.6. The maximum Gasteiger partial charge on any atom is 0.102 e. The monoisotopic (exact) mass is 476 g/mol. The third kappa shape index (κ3) is 4.91. The standard InChI is InChI=1S/C30H52O4/c1-19(12-15-27(2,3)32)21-10-11-22-20-8-9-24-26(31)25(34-18-28(4,5)33)14-17-30(24,7)23(20)13-16-29(21,22)6/h9,19-23,25-26,31-33H,8,10-18H2,1-7H3/t19-,20+,21-,22+,23+,25+,26-,29-,30-/m1/s1. The van der Waals surface area contributed by atoms with Gasteiger partial charge in [0.25, 0.3) is 0 Å². The van der Waals surface area contributed by atoms with E-state index in [1.54, 1.807) is 13.8 Å². The number of allylic oxidation sites excluding steroid dienone is 1. The number of hydrogen-bond acceptors (Lipinski definition) is 4. The Labute approximate surface area is 208 Å². The second-order valence-corrected chi connectivity index (χ2v) is 14.4. The maximum atomic E-state index is 11.3. The van der Waals surface area contributed by atoms with E-state index in [1.165, 1.54) is 31.3 Å². The molecule has 0 heterocycles.